The third-order valence-corrected chi connectivity index (χ3v) is 3.26. The van der Waals surface area contributed by atoms with Gasteiger partial charge in [0.2, 0.25) is 0 Å². The van der Waals surface area contributed by atoms with Gasteiger partial charge in [-0.15, -0.1) is 0 Å². The van der Waals surface area contributed by atoms with Gasteiger partial charge in [0.15, 0.2) is 0 Å². The Morgan fingerprint density at radius 3 is 2.50 bits per heavy atom. The van der Waals surface area contributed by atoms with Crippen molar-refractivity contribution in [3.8, 4) is 17.0 Å². The first kappa shape index (κ1) is 10.9. The fraction of sp³-hybridized carbons (Fsp3) is 0.125. The third-order valence-electron chi connectivity index (χ3n) is 3.26. The Kier molecular flexibility index (Phi) is 2.37. The van der Waals surface area contributed by atoms with Gasteiger partial charge in [0, 0.05) is 16.5 Å². The van der Waals surface area contributed by atoms with Crippen molar-refractivity contribution in [2.24, 2.45) is 0 Å². The zero-order valence-corrected chi connectivity index (χ0v) is 10.5. The molecule has 2 aromatic carbocycles. The molecule has 2 nitrogen and oxygen atoms in total. The highest BCUT2D eigenvalue weighted by Gasteiger charge is 2.11. The molecule has 0 atom stereocenters. The fourth-order valence-corrected chi connectivity index (χ4v) is 2.50. The molecule has 90 valence electrons. The van der Waals surface area contributed by atoms with Crippen LogP contribution in [0.15, 0.2) is 42.5 Å². The lowest BCUT2D eigenvalue weighted by Crippen LogP contribution is -1.86. The first-order chi connectivity index (χ1) is 8.65. The number of fused-ring (bicyclic) bond motifs is 1. The highest BCUT2D eigenvalue weighted by atomic mass is 16.3. The summed E-state index contributed by atoms with van der Waals surface area (Å²) in [5.74, 6) is 0.332. The molecular weight excluding hydrogens is 222 g/mol. The normalized spacial score (nSPS) is 11.0. The summed E-state index contributed by atoms with van der Waals surface area (Å²) in [6.07, 6.45) is 0. The van der Waals surface area contributed by atoms with Gasteiger partial charge in [-0.25, -0.2) is 0 Å². The number of H-pyrrole nitrogens is 1. The zero-order chi connectivity index (χ0) is 12.7. The number of nitrogens with one attached hydrogen (secondary N) is 1. The summed E-state index contributed by atoms with van der Waals surface area (Å²) in [6.45, 7) is 4.01. The van der Waals surface area contributed by atoms with Crippen LogP contribution in [0.2, 0.25) is 0 Å². The molecule has 0 unspecified atom stereocenters. The molecule has 1 aromatic heterocycles. The van der Waals surface area contributed by atoms with E-state index in [1.807, 2.05) is 32.0 Å². The summed E-state index contributed by atoms with van der Waals surface area (Å²) in [4.78, 5) is 3.35. The number of phenolic OH excluding ortho intramolecular Hbond substituents is 1. The maximum Gasteiger partial charge on any atom is 0.125 e. The van der Waals surface area contributed by atoms with Gasteiger partial charge in [-0.05, 0) is 43.2 Å². The van der Waals surface area contributed by atoms with Crippen molar-refractivity contribution in [1.29, 1.82) is 0 Å². The van der Waals surface area contributed by atoms with Gasteiger partial charge in [-0.3, -0.25) is 0 Å². The lowest BCUT2D eigenvalue weighted by molar-refractivity contribution is 0.476. The largest absolute Gasteiger partial charge is 0.507 e. The zero-order valence-electron chi connectivity index (χ0n) is 10.5. The Bertz CT molecular complexity index is 669. The molecule has 0 saturated carbocycles. The van der Waals surface area contributed by atoms with Crippen molar-refractivity contribution in [3.63, 3.8) is 0 Å². The molecule has 0 radical (unpaired) electrons. The van der Waals surface area contributed by atoms with Gasteiger partial charge >= 0.3 is 0 Å². The van der Waals surface area contributed by atoms with Crippen LogP contribution in [0.3, 0.4) is 0 Å². The number of hydrogen-bond acceptors (Lipinski definition) is 1. The Balaban J connectivity index is 2.26. The number of aryl methyl sites for hydroxylation is 2. The number of rotatable bonds is 1. The van der Waals surface area contributed by atoms with Crippen molar-refractivity contribution in [1.82, 2.24) is 4.98 Å². The first-order valence-corrected chi connectivity index (χ1v) is 6.03. The molecule has 0 bridgehead atoms. The Hall–Kier alpha value is -2.22. The average molecular weight is 237 g/mol. The van der Waals surface area contributed by atoms with E-state index in [0.717, 1.165) is 33.3 Å². The van der Waals surface area contributed by atoms with E-state index in [1.54, 1.807) is 6.07 Å². The van der Waals surface area contributed by atoms with Crippen LogP contribution in [0.25, 0.3) is 22.2 Å². The number of aromatic nitrogens is 1. The molecule has 0 aliphatic heterocycles. The van der Waals surface area contributed by atoms with E-state index >= 15 is 0 Å². The molecule has 0 aliphatic rings. The number of hydrogen-bond donors (Lipinski definition) is 2. The fourth-order valence-electron chi connectivity index (χ4n) is 2.50. The van der Waals surface area contributed by atoms with E-state index in [2.05, 4.69) is 23.2 Å². The van der Waals surface area contributed by atoms with Crippen LogP contribution >= 0.6 is 0 Å². The maximum atomic E-state index is 10.1. The molecule has 0 fully saturated rings. The van der Waals surface area contributed by atoms with E-state index in [9.17, 15) is 5.11 Å². The van der Waals surface area contributed by atoms with E-state index < -0.39 is 0 Å². The summed E-state index contributed by atoms with van der Waals surface area (Å²) in [5, 5.41) is 11.3. The number of phenols is 1. The number of benzene rings is 2. The number of para-hydroxylation sites is 1. The molecule has 18 heavy (non-hydrogen) atoms. The van der Waals surface area contributed by atoms with Crippen molar-refractivity contribution in [2.75, 3.05) is 0 Å². The van der Waals surface area contributed by atoms with Crippen LogP contribution in [-0.2, 0) is 0 Å². The van der Waals surface area contributed by atoms with Crippen LogP contribution in [0.5, 0.6) is 5.75 Å². The minimum atomic E-state index is 0.332. The lowest BCUT2D eigenvalue weighted by atomic mass is 10.0. The first-order valence-electron chi connectivity index (χ1n) is 6.03. The summed E-state index contributed by atoms with van der Waals surface area (Å²) < 4.78 is 0. The lowest BCUT2D eigenvalue weighted by Gasteiger charge is -2.08. The van der Waals surface area contributed by atoms with Crippen LogP contribution in [0.1, 0.15) is 11.1 Å². The standard InChI is InChI=1S/C16H15NO/c1-10-7-11(2)16(15(18)8-10)14-9-12-5-3-4-6-13(12)17-14/h3-9,17-18H,1-2H3. The molecular formula is C16H15NO. The van der Waals surface area contributed by atoms with E-state index in [-0.39, 0.29) is 0 Å². The van der Waals surface area contributed by atoms with Crippen LogP contribution in [0.4, 0.5) is 0 Å². The molecule has 3 rings (SSSR count). The van der Waals surface area contributed by atoms with E-state index in [1.165, 1.54) is 0 Å². The predicted molar refractivity (Wildman–Crippen MR) is 74.9 cm³/mol. The summed E-state index contributed by atoms with van der Waals surface area (Å²) in [6, 6.07) is 14.1. The summed E-state index contributed by atoms with van der Waals surface area (Å²) in [7, 11) is 0. The molecule has 0 aliphatic carbocycles. The van der Waals surface area contributed by atoms with Crippen LogP contribution in [0, 0.1) is 13.8 Å². The summed E-state index contributed by atoms with van der Waals surface area (Å²) >= 11 is 0. The Morgan fingerprint density at radius 1 is 1.00 bits per heavy atom. The number of aromatic hydroxyl groups is 1. The monoisotopic (exact) mass is 237 g/mol. The number of aromatic amines is 1. The second-order valence-electron chi connectivity index (χ2n) is 4.75. The molecule has 0 saturated heterocycles. The van der Waals surface area contributed by atoms with Crippen molar-refractivity contribution >= 4 is 10.9 Å². The second-order valence-corrected chi connectivity index (χ2v) is 4.75. The van der Waals surface area contributed by atoms with Crippen molar-refractivity contribution < 1.29 is 5.11 Å². The average Bonchev–Trinajstić information content (AvgIpc) is 2.70. The second kappa shape index (κ2) is 3.91. The minimum Gasteiger partial charge on any atom is -0.507 e. The highest BCUT2D eigenvalue weighted by Crippen LogP contribution is 2.34. The predicted octanol–water partition coefficient (Wildman–Crippen LogP) is 4.16. The van der Waals surface area contributed by atoms with Gasteiger partial charge in [-0.1, -0.05) is 24.3 Å². The van der Waals surface area contributed by atoms with Gasteiger partial charge in [0.25, 0.3) is 0 Å². The SMILES string of the molecule is Cc1cc(C)c(-c2cc3ccccc3[nH]2)c(O)c1. The van der Waals surface area contributed by atoms with E-state index in [4.69, 9.17) is 0 Å². The highest BCUT2D eigenvalue weighted by molar-refractivity contribution is 5.87. The van der Waals surface area contributed by atoms with E-state index in [0.29, 0.717) is 5.75 Å². The van der Waals surface area contributed by atoms with Crippen molar-refractivity contribution in [2.45, 2.75) is 13.8 Å². The molecule has 0 spiro atoms. The minimum absolute atomic E-state index is 0.332. The van der Waals surface area contributed by atoms with Crippen LogP contribution in [-0.4, -0.2) is 10.1 Å². The van der Waals surface area contributed by atoms with Gasteiger partial charge in [0.1, 0.15) is 5.75 Å². The third kappa shape index (κ3) is 1.66. The molecule has 0 amide bonds. The topological polar surface area (TPSA) is 36.0 Å². The van der Waals surface area contributed by atoms with Crippen LogP contribution < -0.4 is 0 Å². The van der Waals surface area contributed by atoms with Crippen molar-refractivity contribution in [3.05, 3.63) is 53.6 Å². The quantitative estimate of drug-likeness (QED) is 0.655. The molecule has 3 aromatic rings. The van der Waals surface area contributed by atoms with Gasteiger partial charge < -0.3 is 10.1 Å². The van der Waals surface area contributed by atoms with Gasteiger partial charge in [-0.2, -0.15) is 0 Å². The summed E-state index contributed by atoms with van der Waals surface area (Å²) in [5.41, 5.74) is 5.10. The maximum absolute atomic E-state index is 10.1. The molecule has 1 heterocycles. The molecule has 2 N–H and O–H groups in total. The Morgan fingerprint density at radius 2 is 1.78 bits per heavy atom. The molecule has 2 heteroatoms. The Labute approximate surface area is 106 Å². The van der Waals surface area contributed by atoms with Gasteiger partial charge in [0.05, 0.1) is 5.69 Å². The smallest absolute Gasteiger partial charge is 0.125 e.